The third-order valence-corrected chi connectivity index (χ3v) is 3.67. The van der Waals surface area contributed by atoms with Crippen molar-refractivity contribution in [3.63, 3.8) is 0 Å². The molecule has 0 aliphatic carbocycles. The Morgan fingerprint density at radius 1 is 1.26 bits per heavy atom. The van der Waals surface area contributed by atoms with Crippen LogP contribution in [0.15, 0.2) is 24.4 Å². The molecule has 0 saturated carbocycles. The number of nitro groups is 1. The van der Waals surface area contributed by atoms with E-state index in [9.17, 15) is 14.9 Å². The zero-order chi connectivity index (χ0) is 17.1. The van der Waals surface area contributed by atoms with Gasteiger partial charge in [0.1, 0.15) is 5.75 Å². The standard InChI is InChI=1S/C15H13ClN2O5/c1-8-4-11(5-9(2)13(8)16)23-14-12(18(20)21)6-10(7-17-14)15(19)22-3/h4-7H,1-3H3. The number of carbonyl (C=O) groups excluding carboxylic acids is 1. The van der Waals surface area contributed by atoms with E-state index >= 15 is 0 Å². The Kier molecular flexibility index (Phi) is 4.80. The maximum Gasteiger partial charge on any atom is 0.339 e. The molecule has 0 fully saturated rings. The molecule has 0 radical (unpaired) electrons. The number of methoxy groups -OCH3 is 1. The quantitative estimate of drug-likeness (QED) is 0.478. The number of halogens is 1. The minimum Gasteiger partial charge on any atom is -0.465 e. The second-order valence-electron chi connectivity index (χ2n) is 4.77. The Hall–Kier alpha value is -2.67. The first kappa shape index (κ1) is 16.7. The smallest absolute Gasteiger partial charge is 0.339 e. The van der Waals surface area contributed by atoms with E-state index in [-0.39, 0.29) is 11.4 Å². The van der Waals surface area contributed by atoms with Gasteiger partial charge in [-0.3, -0.25) is 10.1 Å². The zero-order valence-corrected chi connectivity index (χ0v) is 13.4. The van der Waals surface area contributed by atoms with Gasteiger partial charge in [0.25, 0.3) is 5.88 Å². The van der Waals surface area contributed by atoms with Gasteiger partial charge >= 0.3 is 11.7 Å². The van der Waals surface area contributed by atoms with E-state index < -0.39 is 16.6 Å². The van der Waals surface area contributed by atoms with Crippen LogP contribution in [-0.2, 0) is 4.74 Å². The fraction of sp³-hybridized carbons (Fsp3) is 0.200. The third-order valence-electron chi connectivity index (χ3n) is 3.07. The summed E-state index contributed by atoms with van der Waals surface area (Å²) < 4.78 is 10.0. The Labute approximate surface area is 137 Å². The second kappa shape index (κ2) is 6.62. The van der Waals surface area contributed by atoms with Gasteiger partial charge in [-0.05, 0) is 37.1 Å². The summed E-state index contributed by atoms with van der Waals surface area (Å²) in [5.41, 5.74) is 1.08. The summed E-state index contributed by atoms with van der Waals surface area (Å²) in [5, 5.41) is 11.8. The van der Waals surface area contributed by atoms with E-state index in [1.165, 1.54) is 7.11 Å². The fourth-order valence-electron chi connectivity index (χ4n) is 1.96. The van der Waals surface area contributed by atoms with Crippen molar-refractivity contribution in [1.82, 2.24) is 4.98 Å². The van der Waals surface area contributed by atoms with E-state index in [1.54, 1.807) is 26.0 Å². The maximum atomic E-state index is 11.4. The van der Waals surface area contributed by atoms with Crippen LogP contribution in [0.3, 0.4) is 0 Å². The Balaban J connectivity index is 2.43. The van der Waals surface area contributed by atoms with Gasteiger partial charge in [-0.15, -0.1) is 0 Å². The fourth-order valence-corrected chi connectivity index (χ4v) is 2.07. The highest BCUT2D eigenvalue weighted by atomic mass is 35.5. The molecule has 0 atom stereocenters. The van der Waals surface area contributed by atoms with Gasteiger partial charge < -0.3 is 9.47 Å². The lowest BCUT2D eigenvalue weighted by molar-refractivity contribution is -0.386. The van der Waals surface area contributed by atoms with Gasteiger partial charge in [-0.1, -0.05) is 11.6 Å². The topological polar surface area (TPSA) is 91.6 Å². The van der Waals surface area contributed by atoms with Crippen LogP contribution in [0.25, 0.3) is 0 Å². The summed E-state index contributed by atoms with van der Waals surface area (Å²) in [6, 6.07) is 4.35. The molecule has 2 rings (SSSR count). The number of carbonyl (C=O) groups is 1. The monoisotopic (exact) mass is 336 g/mol. The van der Waals surface area contributed by atoms with Gasteiger partial charge in [0.15, 0.2) is 0 Å². The second-order valence-corrected chi connectivity index (χ2v) is 5.15. The normalized spacial score (nSPS) is 10.3. The molecule has 0 saturated heterocycles. The molecular formula is C15H13ClN2O5. The number of aromatic nitrogens is 1. The van der Waals surface area contributed by atoms with Crippen LogP contribution in [0.2, 0.25) is 5.02 Å². The van der Waals surface area contributed by atoms with Crippen LogP contribution in [0.5, 0.6) is 11.6 Å². The van der Waals surface area contributed by atoms with Crippen LogP contribution in [0.1, 0.15) is 21.5 Å². The molecule has 0 bridgehead atoms. The van der Waals surface area contributed by atoms with Crippen molar-refractivity contribution in [3.05, 3.63) is 56.2 Å². The maximum absolute atomic E-state index is 11.4. The average Bonchev–Trinajstić information content (AvgIpc) is 2.51. The van der Waals surface area contributed by atoms with Gasteiger partial charge in [-0.2, -0.15) is 0 Å². The number of esters is 1. The predicted octanol–water partition coefficient (Wildman–Crippen LogP) is 3.84. The van der Waals surface area contributed by atoms with Crippen LogP contribution in [0.4, 0.5) is 5.69 Å². The zero-order valence-electron chi connectivity index (χ0n) is 12.6. The van der Waals surface area contributed by atoms with Crippen molar-refractivity contribution in [3.8, 4) is 11.6 Å². The van der Waals surface area contributed by atoms with E-state index in [2.05, 4.69) is 9.72 Å². The molecule has 0 aliphatic rings. The number of aryl methyl sites for hydroxylation is 2. The minimum atomic E-state index is -0.717. The highest BCUT2D eigenvalue weighted by Crippen LogP contribution is 2.33. The molecule has 7 nitrogen and oxygen atoms in total. The first-order valence-corrected chi connectivity index (χ1v) is 6.88. The van der Waals surface area contributed by atoms with E-state index in [0.717, 1.165) is 23.4 Å². The summed E-state index contributed by atoms with van der Waals surface area (Å²) in [7, 11) is 1.18. The number of nitrogens with zero attached hydrogens (tertiary/aromatic N) is 2. The molecule has 0 amide bonds. The molecule has 2 aromatic rings. The molecule has 23 heavy (non-hydrogen) atoms. The molecule has 1 aromatic heterocycles. The highest BCUT2D eigenvalue weighted by Gasteiger charge is 2.21. The van der Waals surface area contributed by atoms with E-state index in [4.69, 9.17) is 16.3 Å². The summed E-state index contributed by atoms with van der Waals surface area (Å²) >= 11 is 6.08. The first-order valence-electron chi connectivity index (χ1n) is 6.51. The third kappa shape index (κ3) is 3.57. The van der Waals surface area contributed by atoms with Crippen molar-refractivity contribution in [2.75, 3.05) is 7.11 Å². The molecule has 0 N–H and O–H groups in total. The van der Waals surface area contributed by atoms with Crippen molar-refractivity contribution in [2.24, 2.45) is 0 Å². The van der Waals surface area contributed by atoms with Crippen LogP contribution >= 0.6 is 11.6 Å². The molecule has 1 aromatic carbocycles. The Bertz CT molecular complexity index is 768. The molecule has 0 unspecified atom stereocenters. The SMILES string of the molecule is COC(=O)c1cnc(Oc2cc(C)c(Cl)c(C)c2)c([N+](=O)[O-])c1. The van der Waals surface area contributed by atoms with Crippen molar-refractivity contribution in [1.29, 1.82) is 0 Å². The van der Waals surface area contributed by atoms with Gasteiger partial charge in [0, 0.05) is 17.3 Å². The lowest BCUT2D eigenvalue weighted by Gasteiger charge is -2.09. The lowest BCUT2D eigenvalue weighted by Crippen LogP contribution is -2.04. The van der Waals surface area contributed by atoms with Crippen LogP contribution in [-0.4, -0.2) is 23.0 Å². The summed E-state index contributed by atoms with van der Waals surface area (Å²) in [6.45, 7) is 3.59. The highest BCUT2D eigenvalue weighted by molar-refractivity contribution is 6.32. The number of hydrogen-bond donors (Lipinski definition) is 0. The lowest BCUT2D eigenvalue weighted by atomic mass is 10.1. The molecule has 0 spiro atoms. The van der Waals surface area contributed by atoms with Gasteiger partial charge in [-0.25, -0.2) is 9.78 Å². The van der Waals surface area contributed by atoms with E-state index in [0.29, 0.717) is 10.8 Å². The number of benzene rings is 1. The molecule has 1 heterocycles. The number of pyridine rings is 1. The van der Waals surface area contributed by atoms with Crippen molar-refractivity contribution >= 4 is 23.3 Å². The molecule has 8 heteroatoms. The number of ether oxygens (including phenoxy) is 2. The average molecular weight is 337 g/mol. The molecule has 120 valence electrons. The molecule has 0 aliphatic heterocycles. The van der Waals surface area contributed by atoms with Crippen LogP contribution in [0, 0.1) is 24.0 Å². The first-order chi connectivity index (χ1) is 10.8. The van der Waals surface area contributed by atoms with Gasteiger partial charge in [0.05, 0.1) is 17.6 Å². The van der Waals surface area contributed by atoms with E-state index in [1.807, 2.05) is 0 Å². The predicted molar refractivity (Wildman–Crippen MR) is 83.2 cm³/mol. The summed E-state index contributed by atoms with van der Waals surface area (Å²) in [5.74, 6) is -0.570. The molecular weight excluding hydrogens is 324 g/mol. The number of rotatable bonds is 4. The minimum absolute atomic E-state index is 0.0324. The van der Waals surface area contributed by atoms with Crippen LogP contribution < -0.4 is 4.74 Å². The van der Waals surface area contributed by atoms with Gasteiger partial charge in [0.2, 0.25) is 0 Å². The van der Waals surface area contributed by atoms with Crippen molar-refractivity contribution < 1.29 is 19.2 Å². The Morgan fingerprint density at radius 2 is 1.87 bits per heavy atom. The Morgan fingerprint density at radius 3 is 2.39 bits per heavy atom. The largest absolute Gasteiger partial charge is 0.465 e. The number of hydrogen-bond acceptors (Lipinski definition) is 6. The summed E-state index contributed by atoms with van der Waals surface area (Å²) in [4.78, 5) is 25.8. The van der Waals surface area contributed by atoms with Crippen molar-refractivity contribution in [2.45, 2.75) is 13.8 Å². The summed E-state index contributed by atoms with van der Waals surface area (Å²) in [6.07, 6.45) is 1.16.